The minimum Gasteiger partial charge on any atom is -0.456 e. The van der Waals surface area contributed by atoms with E-state index in [9.17, 15) is 0 Å². The maximum absolute atomic E-state index is 6.55. The summed E-state index contributed by atoms with van der Waals surface area (Å²) < 4.78 is 15.3. The van der Waals surface area contributed by atoms with Crippen LogP contribution in [0.3, 0.4) is 0 Å². The van der Waals surface area contributed by atoms with Crippen molar-refractivity contribution in [1.29, 1.82) is 0 Å². The lowest BCUT2D eigenvalue weighted by Gasteiger charge is -2.26. The Balaban J connectivity index is 1.09. The van der Waals surface area contributed by atoms with Crippen molar-refractivity contribution in [2.24, 2.45) is 0 Å². The van der Waals surface area contributed by atoms with Crippen LogP contribution in [0.2, 0.25) is 0 Å². The second kappa shape index (κ2) is 12.3. The first-order valence-electron chi connectivity index (χ1n) is 18.0. The number of aromatic nitrogens is 1. The molecule has 0 aliphatic rings. The SMILES string of the molecule is c1ccc(-c2ccc(N(c3ccc(-c4cc5nc(-c6ccccc6)oc5c5c4sc4ccccc45)cc3)c3cccc4oc5ccccc5c34)cc2)cc1. The van der Waals surface area contributed by atoms with Crippen molar-refractivity contribution in [2.75, 3.05) is 4.90 Å². The normalized spacial score (nSPS) is 11.7. The van der Waals surface area contributed by atoms with Gasteiger partial charge in [-0.3, -0.25) is 0 Å². The first kappa shape index (κ1) is 30.7. The summed E-state index contributed by atoms with van der Waals surface area (Å²) in [5.74, 6) is 0.629. The molecule has 54 heavy (non-hydrogen) atoms. The predicted molar refractivity (Wildman–Crippen MR) is 225 cm³/mol. The molecule has 3 heterocycles. The molecule has 0 atom stereocenters. The number of furan rings is 1. The zero-order valence-electron chi connectivity index (χ0n) is 28.9. The Morgan fingerprint density at radius 3 is 1.83 bits per heavy atom. The van der Waals surface area contributed by atoms with Crippen molar-refractivity contribution >= 4 is 81.6 Å². The molecule has 0 unspecified atom stereocenters. The van der Waals surface area contributed by atoms with Crippen molar-refractivity contribution in [3.63, 3.8) is 0 Å². The molecule has 0 bridgehead atoms. The summed E-state index contributed by atoms with van der Waals surface area (Å²) in [6, 6.07) is 63.7. The van der Waals surface area contributed by atoms with Gasteiger partial charge >= 0.3 is 0 Å². The van der Waals surface area contributed by atoms with E-state index in [1.807, 2.05) is 42.5 Å². The smallest absolute Gasteiger partial charge is 0.227 e. The van der Waals surface area contributed by atoms with E-state index in [4.69, 9.17) is 13.8 Å². The Morgan fingerprint density at radius 2 is 1.07 bits per heavy atom. The van der Waals surface area contributed by atoms with Crippen LogP contribution in [0.15, 0.2) is 191 Å². The average Bonchev–Trinajstić information content (AvgIpc) is 3.96. The number of benzene rings is 8. The summed E-state index contributed by atoms with van der Waals surface area (Å²) in [5.41, 5.74) is 12.2. The fraction of sp³-hybridized carbons (Fsp3) is 0. The lowest BCUT2D eigenvalue weighted by Crippen LogP contribution is -2.10. The number of nitrogens with zero attached hydrogens (tertiary/aromatic N) is 2. The van der Waals surface area contributed by atoms with Crippen LogP contribution in [0.1, 0.15) is 0 Å². The predicted octanol–water partition coefficient (Wildman–Crippen LogP) is 14.6. The molecule has 8 aromatic carbocycles. The van der Waals surface area contributed by atoms with Crippen LogP contribution in [0.4, 0.5) is 17.1 Å². The second-order valence-corrected chi connectivity index (χ2v) is 14.6. The summed E-state index contributed by atoms with van der Waals surface area (Å²) in [7, 11) is 0. The highest BCUT2D eigenvalue weighted by Crippen LogP contribution is 2.47. The third-order valence-electron chi connectivity index (χ3n) is 10.3. The van der Waals surface area contributed by atoms with Crippen molar-refractivity contribution in [3.05, 3.63) is 182 Å². The molecular formula is C49H30N2O2S. The van der Waals surface area contributed by atoms with Crippen molar-refractivity contribution < 1.29 is 8.83 Å². The van der Waals surface area contributed by atoms with E-state index >= 15 is 0 Å². The average molecular weight is 711 g/mol. The van der Waals surface area contributed by atoms with E-state index in [2.05, 4.69) is 144 Å². The van der Waals surface area contributed by atoms with Gasteiger partial charge in [-0.1, -0.05) is 115 Å². The van der Waals surface area contributed by atoms with E-state index < -0.39 is 0 Å². The van der Waals surface area contributed by atoms with Gasteiger partial charge in [-0.15, -0.1) is 11.3 Å². The van der Waals surface area contributed by atoms with Crippen LogP contribution >= 0.6 is 11.3 Å². The van der Waals surface area contributed by atoms with Crippen molar-refractivity contribution in [3.8, 4) is 33.7 Å². The molecule has 0 fully saturated rings. The van der Waals surface area contributed by atoms with Gasteiger partial charge in [0.05, 0.1) is 11.1 Å². The van der Waals surface area contributed by atoms with Gasteiger partial charge in [0.15, 0.2) is 5.58 Å². The molecule has 0 aliphatic carbocycles. The zero-order valence-corrected chi connectivity index (χ0v) is 29.8. The standard InChI is InChI=1S/C49H30N2O2S/c1-3-12-31(13-4-1)32-22-26-35(27-23-32)51(41-18-11-20-43-45(41)37-16-7-9-19-42(37)52-43)36-28-24-33(25-29-36)39-30-40-47(53-49(50-40)34-14-5-2-6-15-34)46-38-17-8-10-21-44(38)54-48(39)46/h1-30H. The Bertz CT molecular complexity index is 3140. The maximum Gasteiger partial charge on any atom is 0.227 e. The Morgan fingerprint density at radius 1 is 0.463 bits per heavy atom. The zero-order chi connectivity index (χ0) is 35.6. The lowest BCUT2D eigenvalue weighted by molar-refractivity contribution is 0.623. The summed E-state index contributed by atoms with van der Waals surface area (Å²) in [6.07, 6.45) is 0. The number of thiophene rings is 1. The van der Waals surface area contributed by atoms with Gasteiger partial charge in [0.25, 0.3) is 0 Å². The summed E-state index contributed by atoms with van der Waals surface area (Å²) in [5, 5.41) is 4.47. The first-order valence-corrected chi connectivity index (χ1v) is 18.8. The van der Waals surface area contributed by atoms with Gasteiger partial charge in [-0.05, 0) is 83.4 Å². The van der Waals surface area contributed by atoms with E-state index in [1.54, 1.807) is 11.3 Å². The summed E-state index contributed by atoms with van der Waals surface area (Å²) in [6.45, 7) is 0. The fourth-order valence-electron chi connectivity index (χ4n) is 7.78. The highest BCUT2D eigenvalue weighted by atomic mass is 32.1. The number of fused-ring (bicyclic) bond motifs is 8. The van der Waals surface area contributed by atoms with Gasteiger partial charge in [-0.2, -0.15) is 0 Å². The van der Waals surface area contributed by atoms with Crippen molar-refractivity contribution in [2.45, 2.75) is 0 Å². The Hall–Kier alpha value is -6.95. The van der Waals surface area contributed by atoms with E-state index in [-0.39, 0.29) is 0 Å². The minimum atomic E-state index is 0.629. The van der Waals surface area contributed by atoms with Gasteiger partial charge < -0.3 is 13.7 Å². The van der Waals surface area contributed by atoms with Crippen LogP contribution in [-0.4, -0.2) is 4.98 Å². The summed E-state index contributed by atoms with van der Waals surface area (Å²) in [4.78, 5) is 7.37. The van der Waals surface area contributed by atoms with Crippen LogP contribution in [-0.2, 0) is 0 Å². The quantitative estimate of drug-likeness (QED) is 0.172. The molecule has 11 aromatic rings. The largest absolute Gasteiger partial charge is 0.456 e. The van der Waals surface area contributed by atoms with Gasteiger partial charge in [-0.25, -0.2) is 4.98 Å². The summed E-state index contributed by atoms with van der Waals surface area (Å²) >= 11 is 1.80. The lowest BCUT2D eigenvalue weighted by atomic mass is 10.0. The van der Waals surface area contributed by atoms with Gasteiger partial charge in [0, 0.05) is 48.1 Å². The molecule has 0 amide bonds. The molecule has 0 saturated carbocycles. The van der Waals surface area contributed by atoms with Crippen LogP contribution in [0, 0.1) is 0 Å². The van der Waals surface area contributed by atoms with Crippen LogP contribution in [0.5, 0.6) is 0 Å². The number of anilines is 3. The monoisotopic (exact) mass is 710 g/mol. The van der Waals surface area contributed by atoms with Crippen LogP contribution < -0.4 is 4.90 Å². The molecule has 11 rings (SSSR count). The number of para-hydroxylation sites is 1. The van der Waals surface area contributed by atoms with Gasteiger partial charge in [0.1, 0.15) is 16.7 Å². The molecule has 0 saturated heterocycles. The maximum atomic E-state index is 6.55. The molecule has 254 valence electrons. The van der Waals surface area contributed by atoms with Crippen LogP contribution in [0.25, 0.3) is 86.9 Å². The number of hydrogen-bond donors (Lipinski definition) is 0. The third kappa shape index (κ3) is 4.94. The highest BCUT2D eigenvalue weighted by Gasteiger charge is 2.22. The molecule has 3 aromatic heterocycles. The van der Waals surface area contributed by atoms with E-state index in [1.165, 1.54) is 25.9 Å². The first-order chi connectivity index (χ1) is 26.8. The fourth-order valence-corrected chi connectivity index (χ4v) is 9.02. The number of oxazole rings is 1. The van der Waals surface area contributed by atoms with E-state index in [0.29, 0.717) is 5.89 Å². The van der Waals surface area contributed by atoms with E-state index in [0.717, 1.165) is 72.2 Å². The Labute approximate surface area is 314 Å². The topological polar surface area (TPSA) is 42.4 Å². The second-order valence-electron chi connectivity index (χ2n) is 13.5. The highest BCUT2D eigenvalue weighted by molar-refractivity contribution is 7.26. The third-order valence-corrected chi connectivity index (χ3v) is 11.5. The molecule has 0 aliphatic heterocycles. The number of rotatable bonds is 6. The molecule has 4 nitrogen and oxygen atoms in total. The molecule has 5 heteroatoms. The minimum absolute atomic E-state index is 0.629. The molecule has 0 N–H and O–H groups in total. The molecule has 0 radical (unpaired) electrons. The molecular weight excluding hydrogens is 681 g/mol. The van der Waals surface area contributed by atoms with Gasteiger partial charge in [0.2, 0.25) is 5.89 Å². The van der Waals surface area contributed by atoms with Crippen molar-refractivity contribution in [1.82, 2.24) is 4.98 Å². The Kier molecular flexibility index (Phi) is 7.00. The number of hydrogen-bond acceptors (Lipinski definition) is 5. The molecule has 0 spiro atoms.